The maximum Gasteiger partial charge on any atom is 0.241 e. The van der Waals surface area contributed by atoms with Gasteiger partial charge < -0.3 is 19.7 Å². The normalized spacial score (nSPS) is 18.6. The second-order valence-corrected chi connectivity index (χ2v) is 4.90. The first-order valence-corrected chi connectivity index (χ1v) is 6.90. The first-order valence-electron chi connectivity index (χ1n) is 6.90. The van der Waals surface area contributed by atoms with Gasteiger partial charge in [0.1, 0.15) is 11.8 Å². The van der Waals surface area contributed by atoms with E-state index in [9.17, 15) is 4.79 Å². The van der Waals surface area contributed by atoms with Gasteiger partial charge in [0.05, 0.1) is 20.3 Å². The van der Waals surface area contributed by atoms with Crippen LogP contribution < -0.4 is 10.1 Å². The highest BCUT2D eigenvalue weighted by molar-refractivity contribution is 5.81. The summed E-state index contributed by atoms with van der Waals surface area (Å²) in [7, 11) is 3.49. The summed E-state index contributed by atoms with van der Waals surface area (Å²) in [6, 6.07) is 7.68. The maximum absolute atomic E-state index is 12.2. The van der Waals surface area contributed by atoms with Crippen molar-refractivity contribution in [1.29, 1.82) is 0 Å². The Labute approximate surface area is 119 Å². The summed E-state index contributed by atoms with van der Waals surface area (Å²) in [5.41, 5.74) is 1.11. The van der Waals surface area contributed by atoms with Crippen LogP contribution in [-0.4, -0.2) is 57.3 Å². The smallest absolute Gasteiger partial charge is 0.241 e. The Morgan fingerprint density at radius 1 is 1.50 bits per heavy atom. The van der Waals surface area contributed by atoms with Gasteiger partial charge in [-0.1, -0.05) is 18.2 Å². The predicted molar refractivity (Wildman–Crippen MR) is 76.9 cm³/mol. The van der Waals surface area contributed by atoms with E-state index < -0.39 is 0 Å². The number of amides is 1. The minimum Gasteiger partial charge on any atom is -0.496 e. The van der Waals surface area contributed by atoms with Crippen molar-refractivity contribution >= 4 is 5.91 Å². The van der Waals surface area contributed by atoms with Crippen LogP contribution in [0.5, 0.6) is 5.75 Å². The van der Waals surface area contributed by atoms with Crippen molar-refractivity contribution in [1.82, 2.24) is 10.2 Å². The molecule has 1 heterocycles. The van der Waals surface area contributed by atoms with E-state index in [0.717, 1.165) is 24.3 Å². The average molecular weight is 278 g/mol. The van der Waals surface area contributed by atoms with Gasteiger partial charge in [0.2, 0.25) is 5.91 Å². The minimum atomic E-state index is -0.216. The van der Waals surface area contributed by atoms with Crippen molar-refractivity contribution in [3.8, 4) is 5.75 Å². The predicted octanol–water partition coefficient (Wildman–Crippen LogP) is 0.684. The summed E-state index contributed by atoms with van der Waals surface area (Å²) in [5.74, 6) is 0.951. The third-order valence-electron chi connectivity index (χ3n) is 3.51. The Morgan fingerprint density at radius 2 is 2.30 bits per heavy atom. The molecule has 5 nitrogen and oxygen atoms in total. The number of nitrogens with zero attached hydrogens (tertiary/aromatic N) is 1. The van der Waals surface area contributed by atoms with E-state index in [2.05, 4.69) is 5.32 Å². The minimum absolute atomic E-state index is 0.0830. The van der Waals surface area contributed by atoms with Gasteiger partial charge in [0, 0.05) is 20.1 Å². The topological polar surface area (TPSA) is 50.8 Å². The highest BCUT2D eigenvalue weighted by Gasteiger charge is 2.24. The second kappa shape index (κ2) is 7.26. The SMILES string of the molecule is COc1ccccc1CCN(C)C(=O)C1COCCN1. The van der Waals surface area contributed by atoms with Crippen LogP contribution in [0.25, 0.3) is 0 Å². The number of morpholine rings is 1. The van der Waals surface area contributed by atoms with Gasteiger partial charge in [0.25, 0.3) is 0 Å². The summed E-state index contributed by atoms with van der Waals surface area (Å²) < 4.78 is 10.6. The number of likely N-dealkylation sites (N-methyl/N-ethyl adjacent to an activating group) is 1. The molecule has 1 aromatic rings. The molecule has 1 saturated heterocycles. The van der Waals surface area contributed by atoms with Gasteiger partial charge in [-0.3, -0.25) is 4.79 Å². The molecule has 1 aliphatic heterocycles. The Hall–Kier alpha value is -1.59. The van der Waals surface area contributed by atoms with Gasteiger partial charge in [-0.05, 0) is 18.1 Å². The molecule has 1 amide bonds. The Balaban J connectivity index is 1.87. The molecular formula is C15H22N2O3. The zero-order valence-electron chi connectivity index (χ0n) is 12.1. The zero-order valence-corrected chi connectivity index (χ0v) is 12.1. The molecule has 5 heteroatoms. The fraction of sp³-hybridized carbons (Fsp3) is 0.533. The van der Waals surface area contributed by atoms with E-state index in [1.165, 1.54) is 0 Å². The number of rotatable bonds is 5. The van der Waals surface area contributed by atoms with Crippen LogP contribution in [0.3, 0.4) is 0 Å². The first-order chi connectivity index (χ1) is 9.72. The lowest BCUT2D eigenvalue weighted by atomic mass is 10.1. The van der Waals surface area contributed by atoms with E-state index in [4.69, 9.17) is 9.47 Å². The molecule has 1 unspecified atom stereocenters. The summed E-state index contributed by atoms with van der Waals surface area (Å²) in [6.45, 7) is 2.53. The number of methoxy groups -OCH3 is 1. The second-order valence-electron chi connectivity index (χ2n) is 4.90. The quantitative estimate of drug-likeness (QED) is 0.861. The largest absolute Gasteiger partial charge is 0.496 e. The van der Waals surface area contributed by atoms with E-state index in [0.29, 0.717) is 19.8 Å². The van der Waals surface area contributed by atoms with Crippen LogP contribution in [0.15, 0.2) is 24.3 Å². The van der Waals surface area contributed by atoms with Gasteiger partial charge in [0.15, 0.2) is 0 Å². The standard InChI is InChI=1S/C15H22N2O3/c1-17(15(18)13-11-20-10-8-16-13)9-7-12-5-3-4-6-14(12)19-2/h3-6,13,16H,7-11H2,1-2H3. The van der Waals surface area contributed by atoms with E-state index in [-0.39, 0.29) is 11.9 Å². The molecule has 0 spiro atoms. The molecule has 1 aromatic carbocycles. The molecule has 2 rings (SSSR count). The molecule has 0 aliphatic carbocycles. The number of benzene rings is 1. The third-order valence-corrected chi connectivity index (χ3v) is 3.51. The first kappa shape index (κ1) is 14.8. The Bertz CT molecular complexity index is 444. The molecule has 1 N–H and O–H groups in total. The van der Waals surface area contributed by atoms with Gasteiger partial charge >= 0.3 is 0 Å². The summed E-state index contributed by atoms with van der Waals surface area (Å²) in [5, 5.41) is 3.18. The van der Waals surface area contributed by atoms with Crippen molar-refractivity contribution in [2.24, 2.45) is 0 Å². The number of carbonyl (C=O) groups is 1. The lowest BCUT2D eigenvalue weighted by molar-refractivity contribution is -0.135. The molecule has 1 atom stereocenters. The third kappa shape index (κ3) is 3.71. The molecule has 20 heavy (non-hydrogen) atoms. The van der Waals surface area contributed by atoms with E-state index >= 15 is 0 Å². The van der Waals surface area contributed by atoms with Crippen LogP contribution in [0.1, 0.15) is 5.56 Å². The highest BCUT2D eigenvalue weighted by atomic mass is 16.5. The summed E-state index contributed by atoms with van der Waals surface area (Å²) >= 11 is 0. The number of hydrogen-bond donors (Lipinski definition) is 1. The lowest BCUT2D eigenvalue weighted by Gasteiger charge is -2.27. The van der Waals surface area contributed by atoms with Crippen molar-refractivity contribution in [2.75, 3.05) is 40.5 Å². The monoisotopic (exact) mass is 278 g/mol. The van der Waals surface area contributed by atoms with Crippen molar-refractivity contribution in [3.63, 3.8) is 0 Å². The molecule has 1 fully saturated rings. The average Bonchev–Trinajstić information content (AvgIpc) is 2.53. The van der Waals surface area contributed by atoms with Gasteiger partial charge in [-0.15, -0.1) is 0 Å². The summed E-state index contributed by atoms with van der Waals surface area (Å²) in [6.07, 6.45) is 0.778. The number of para-hydroxylation sites is 1. The fourth-order valence-corrected chi connectivity index (χ4v) is 2.30. The maximum atomic E-state index is 12.2. The van der Waals surface area contributed by atoms with Crippen LogP contribution in [0.2, 0.25) is 0 Å². The fourth-order valence-electron chi connectivity index (χ4n) is 2.30. The van der Waals surface area contributed by atoms with Gasteiger partial charge in [-0.2, -0.15) is 0 Å². The molecule has 0 aromatic heterocycles. The lowest BCUT2D eigenvalue weighted by Crippen LogP contribution is -2.51. The van der Waals surface area contributed by atoms with Crippen molar-refractivity contribution in [2.45, 2.75) is 12.5 Å². The summed E-state index contributed by atoms with van der Waals surface area (Å²) in [4.78, 5) is 14.0. The number of ether oxygens (including phenoxy) is 2. The zero-order chi connectivity index (χ0) is 14.4. The van der Waals surface area contributed by atoms with E-state index in [1.807, 2.05) is 31.3 Å². The molecule has 0 saturated carbocycles. The van der Waals surface area contributed by atoms with E-state index in [1.54, 1.807) is 12.0 Å². The number of hydrogen-bond acceptors (Lipinski definition) is 4. The van der Waals surface area contributed by atoms with Crippen molar-refractivity contribution < 1.29 is 14.3 Å². The van der Waals surface area contributed by atoms with Crippen LogP contribution >= 0.6 is 0 Å². The van der Waals surface area contributed by atoms with Crippen LogP contribution in [-0.2, 0) is 16.0 Å². The molecular weight excluding hydrogens is 256 g/mol. The van der Waals surface area contributed by atoms with Crippen LogP contribution in [0, 0.1) is 0 Å². The van der Waals surface area contributed by atoms with Crippen molar-refractivity contribution in [3.05, 3.63) is 29.8 Å². The molecule has 110 valence electrons. The molecule has 0 bridgehead atoms. The number of nitrogens with one attached hydrogen (secondary N) is 1. The molecule has 1 aliphatic rings. The highest BCUT2D eigenvalue weighted by Crippen LogP contribution is 2.17. The number of carbonyl (C=O) groups excluding carboxylic acids is 1. The molecule has 0 radical (unpaired) electrons. The van der Waals surface area contributed by atoms with Gasteiger partial charge in [-0.25, -0.2) is 0 Å². The Kier molecular flexibility index (Phi) is 5.38. The Morgan fingerprint density at radius 3 is 3.00 bits per heavy atom. The van der Waals surface area contributed by atoms with Crippen LogP contribution in [0.4, 0.5) is 0 Å².